The van der Waals surface area contributed by atoms with E-state index in [4.69, 9.17) is 11.6 Å². The summed E-state index contributed by atoms with van der Waals surface area (Å²) in [5.41, 5.74) is 2.86. The second-order valence-corrected chi connectivity index (χ2v) is 5.26. The van der Waals surface area contributed by atoms with E-state index in [1.807, 2.05) is 54.6 Å². The van der Waals surface area contributed by atoms with Crippen molar-refractivity contribution in [1.82, 2.24) is 15.0 Å². The number of aromatic nitrogens is 3. The molecule has 0 amide bonds. The molecule has 0 aliphatic carbocycles. The van der Waals surface area contributed by atoms with E-state index >= 15 is 0 Å². The second kappa shape index (κ2) is 5.15. The molecule has 0 fully saturated rings. The zero-order valence-electron chi connectivity index (χ0n) is 9.79. The number of halogens is 2. The summed E-state index contributed by atoms with van der Waals surface area (Å²) >= 11 is 9.40. The standard InChI is InChI=1S/C14H9BrClN3/c15-14(9-10-5-7-11(16)8-6-10)19-13-4-2-1-3-12(13)17-18-19/h1-9H/b14-9+. The van der Waals surface area contributed by atoms with Crippen LogP contribution >= 0.6 is 27.5 Å². The lowest BCUT2D eigenvalue weighted by molar-refractivity contribution is 0.858. The van der Waals surface area contributed by atoms with Gasteiger partial charge in [0, 0.05) is 5.02 Å². The third-order valence-corrected chi connectivity index (χ3v) is 3.53. The van der Waals surface area contributed by atoms with Crippen molar-refractivity contribution in [3.63, 3.8) is 0 Å². The van der Waals surface area contributed by atoms with Gasteiger partial charge < -0.3 is 0 Å². The van der Waals surface area contributed by atoms with Crippen LogP contribution in [-0.4, -0.2) is 15.0 Å². The topological polar surface area (TPSA) is 30.7 Å². The van der Waals surface area contributed by atoms with Crippen LogP contribution in [0.25, 0.3) is 21.7 Å². The van der Waals surface area contributed by atoms with Gasteiger partial charge in [0.25, 0.3) is 0 Å². The minimum absolute atomic E-state index is 0.722. The van der Waals surface area contributed by atoms with Gasteiger partial charge in [-0.15, -0.1) is 5.10 Å². The van der Waals surface area contributed by atoms with Crippen molar-refractivity contribution in [2.24, 2.45) is 0 Å². The van der Waals surface area contributed by atoms with Gasteiger partial charge in [-0.05, 0) is 51.8 Å². The fourth-order valence-electron chi connectivity index (χ4n) is 1.78. The molecular weight excluding hydrogens is 326 g/mol. The molecule has 0 unspecified atom stereocenters. The minimum atomic E-state index is 0.722. The summed E-state index contributed by atoms with van der Waals surface area (Å²) in [6.45, 7) is 0. The van der Waals surface area contributed by atoms with Crippen LogP contribution in [0.5, 0.6) is 0 Å². The molecule has 0 bridgehead atoms. The van der Waals surface area contributed by atoms with Crippen LogP contribution in [-0.2, 0) is 0 Å². The van der Waals surface area contributed by atoms with E-state index in [2.05, 4.69) is 26.2 Å². The average Bonchev–Trinajstić information content (AvgIpc) is 2.85. The Morgan fingerprint density at radius 2 is 1.84 bits per heavy atom. The second-order valence-electron chi connectivity index (χ2n) is 4.01. The van der Waals surface area contributed by atoms with Crippen molar-refractivity contribution in [2.45, 2.75) is 0 Å². The van der Waals surface area contributed by atoms with Crippen LogP contribution in [0.1, 0.15) is 5.56 Å². The molecule has 0 aliphatic rings. The Labute approximate surface area is 123 Å². The monoisotopic (exact) mass is 333 g/mol. The van der Waals surface area contributed by atoms with Gasteiger partial charge >= 0.3 is 0 Å². The summed E-state index contributed by atoms with van der Waals surface area (Å²) < 4.78 is 2.58. The van der Waals surface area contributed by atoms with Gasteiger partial charge in [-0.1, -0.05) is 41.1 Å². The maximum atomic E-state index is 5.87. The molecule has 2 aromatic carbocycles. The molecular formula is C14H9BrClN3. The Morgan fingerprint density at radius 3 is 2.63 bits per heavy atom. The van der Waals surface area contributed by atoms with Crippen LogP contribution in [0.3, 0.4) is 0 Å². The van der Waals surface area contributed by atoms with Gasteiger partial charge in [0.2, 0.25) is 0 Å². The highest BCUT2D eigenvalue weighted by atomic mass is 79.9. The number of nitrogens with zero attached hydrogens (tertiary/aromatic N) is 3. The molecule has 0 spiro atoms. The lowest BCUT2D eigenvalue weighted by Crippen LogP contribution is -1.93. The maximum Gasteiger partial charge on any atom is 0.113 e. The van der Waals surface area contributed by atoms with E-state index in [-0.39, 0.29) is 0 Å². The predicted molar refractivity (Wildman–Crippen MR) is 82.1 cm³/mol. The summed E-state index contributed by atoms with van der Waals surface area (Å²) in [4.78, 5) is 0. The third-order valence-electron chi connectivity index (χ3n) is 2.71. The highest BCUT2D eigenvalue weighted by Crippen LogP contribution is 2.22. The number of para-hydroxylation sites is 1. The van der Waals surface area contributed by atoms with Gasteiger partial charge in [0.15, 0.2) is 0 Å². The molecule has 1 aromatic heterocycles. The van der Waals surface area contributed by atoms with Gasteiger partial charge in [-0.3, -0.25) is 0 Å². The summed E-state index contributed by atoms with van der Waals surface area (Å²) in [7, 11) is 0. The Morgan fingerprint density at radius 1 is 1.11 bits per heavy atom. The number of hydrogen-bond acceptors (Lipinski definition) is 2. The van der Waals surface area contributed by atoms with Crippen LogP contribution in [0.15, 0.2) is 48.5 Å². The van der Waals surface area contributed by atoms with Crippen LogP contribution in [0, 0.1) is 0 Å². The Kier molecular flexibility index (Phi) is 3.36. The first-order valence-corrected chi connectivity index (χ1v) is 6.85. The van der Waals surface area contributed by atoms with Crippen molar-refractivity contribution in [3.8, 4) is 0 Å². The van der Waals surface area contributed by atoms with Crippen LogP contribution in [0.2, 0.25) is 5.02 Å². The molecule has 19 heavy (non-hydrogen) atoms. The van der Waals surface area contributed by atoms with Crippen molar-refractivity contribution >= 4 is 49.2 Å². The van der Waals surface area contributed by atoms with E-state index in [1.54, 1.807) is 4.68 Å². The van der Waals surface area contributed by atoms with E-state index in [9.17, 15) is 0 Å². The summed E-state index contributed by atoms with van der Waals surface area (Å²) in [5.74, 6) is 0. The van der Waals surface area contributed by atoms with Gasteiger partial charge in [0.1, 0.15) is 10.1 Å². The van der Waals surface area contributed by atoms with Crippen molar-refractivity contribution < 1.29 is 0 Å². The van der Waals surface area contributed by atoms with Crippen LogP contribution in [0.4, 0.5) is 0 Å². The van der Waals surface area contributed by atoms with E-state index < -0.39 is 0 Å². The zero-order chi connectivity index (χ0) is 13.2. The largest absolute Gasteiger partial charge is 0.206 e. The first-order valence-electron chi connectivity index (χ1n) is 5.67. The molecule has 3 rings (SSSR count). The summed E-state index contributed by atoms with van der Waals surface area (Å²) in [5, 5.41) is 8.97. The summed E-state index contributed by atoms with van der Waals surface area (Å²) in [6, 6.07) is 15.4. The molecule has 0 aliphatic heterocycles. The molecule has 0 atom stereocenters. The van der Waals surface area contributed by atoms with Crippen molar-refractivity contribution in [2.75, 3.05) is 0 Å². The predicted octanol–water partition coefficient (Wildman–Crippen LogP) is 4.44. The smallest absolute Gasteiger partial charge is 0.113 e. The number of benzene rings is 2. The molecule has 5 heteroatoms. The fourth-order valence-corrected chi connectivity index (χ4v) is 2.44. The highest BCUT2D eigenvalue weighted by molar-refractivity contribution is 9.15. The normalized spacial score (nSPS) is 12.0. The number of fused-ring (bicyclic) bond motifs is 1. The van der Waals surface area contributed by atoms with Gasteiger partial charge in [-0.2, -0.15) is 0 Å². The fraction of sp³-hybridized carbons (Fsp3) is 0. The lowest BCUT2D eigenvalue weighted by atomic mass is 10.2. The number of rotatable bonds is 2. The SMILES string of the molecule is Clc1ccc(/C=C(\Br)n2nnc3ccccc32)cc1. The quantitative estimate of drug-likeness (QED) is 0.694. The minimum Gasteiger partial charge on any atom is -0.206 e. The molecule has 1 heterocycles. The van der Waals surface area contributed by atoms with Crippen molar-refractivity contribution in [3.05, 3.63) is 59.1 Å². The molecule has 3 aromatic rings. The first kappa shape index (κ1) is 12.4. The maximum absolute atomic E-state index is 5.87. The highest BCUT2D eigenvalue weighted by Gasteiger charge is 2.05. The van der Waals surface area contributed by atoms with Crippen molar-refractivity contribution in [1.29, 1.82) is 0 Å². The first-order chi connectivity index (χ1) is 9.24. The van der Waals surface area contributed by atoms with E-state index in [0.717, 1.165) is 26.2 Å². The van der Waals surface area contributed by atoms with Gasteiger partial charge in [-0.25, -0.2) is 4.68 Å². The Hall–Kier alpha value is -1.65. The third kappa shape index (κ3) is 2.55. The molecule has 3 nitrogen and oxygen atoms in total. The average molecular weight is 335 g/mol. The molecule has 94 valence electrons. The zero-order valence-corrected chi connectivity index (χ0v) is 12.1. The Balaban J connectivity index is 2.03. The molecule has 0 saturated carbocycles. The van der Waals surface area contributed by atoms with Gasteiger partial charge in [0.05, 0.1) is 5.52 Å². The molecule has 0 radical (unpaired) electrons. The number of hydrogen-bond donors (Lipinski definition) is 0. The summed E-state index contributed by atoms with van der Waals surface area (Å²) in [6.07, 6.45) is 1.97. The Bertz CT molecular complexity index is 747. The van der Waals surface area contributed by atoms with Crippen LogP contribution < -0.4 is 0 Å². The lowest BCUT2D eigenvalue weighted by Gasteiger charge is -2.01. The molecule has 0 saturated heterocycles. The van der Waals surface area contributed by atoms with E-state index in [1.165, 1.54) is 0 Å². The molecule has 0 N–H and O–H groups in total. The van der Waals surface area contributed by atoms with E-state index in [0.29, 0.717) is 0 Å².